The first-order valence-electron chi connectivity index (χ1n) is 8.46. The van der Waals surface area contributed by atoms with E-state index in [2.05, 4.69) is 0 Å². The number of urea groups is 1. The molecule has 0 aliphatic heterocycles. The quantitative estimate of drug-likeness (QED) is 0.555. The minimum absolute atomic E-state index is 0.157. The summed E-state index contributed by atoms with van der Waals surface area (Å²) in [4.78, 5) is 15.3. The zero-order valence-electron chi connectivity index (χ0n) is 15.8. The van der Waals surface area contributed by atoms with E-state index in [1.807, 2.05) is 37.5 Å². The van der Waals surface area contributed by atoms with E-state index < -0.39 is 7.82 Å². The smallest absolute Gasteiger partial charge is 0.325 e. The fourth-order valence-electron chi connectivity index (χ4n) is 1.77. The van der Waals surface area contributed by atoms with Gasteiger partial charge in [0.1, 0.15) is 0 Å². The van der Waals surface area contributed by atoms with Crippen molar-refractivity contribution in [3.8, 4) is 0 Å². The average Bonchev–Trinajstić information content (AvgIpc) is 2.51. The van der Waals surface area contributed by atoms with Gasteiger partial charge in [-0.25, -0.2) is 9.36 Å². The SMILES string of the molecule is CCN(CC)C(=O)N(CC)CC.CCOP(=O)(OCC)OCC. The van der Waals surface area contributed by atoms with Crippen molar-refractivity contribution in [1.82, 2.24) is 9.80 Å². The van der Waals surface area contributed by atoms with Crippen molar-refractivity contribution in [2.24, 2.45) is 0 Å². The largest absolute Gasteiger partial charge is 0.474 e. The van der Waals surface area contributed by atoms with Crippen molar-refractivity contribution in [3.63, 3.8) is 0 Å². The molecule has 8 heteroatoms. The van der Waals surface area contributed by atoms with Crippen molar-refractivity contribution in [2.45, 2.75) is 48.5 Å². The van der Waals surface area contributed by atoms with E-state index in [4.69, 9.17) is 13.6 Å². The molecule has 0 saturated carbocycles. The molecule has 0 spiro atoms. The van der Waals surface area contributed by atoms with Gasteiger partial charge in [-0.05, 0) is 48.5 Å². The first-order chi connectivity index (χ1) is 10.9. The molecule has 0 radical (unpaired) electrons. The molecule has 0 atom stereocenters. The van der Waals surface area contributed by atoms with Crippen LogP contribution in [0.15, 0.2) is 0 Å². The molecule has 0 rings (SSSR count). The van der Waals surface area contributed by atoms with Crippen molar-refractivity contribution in [1.29, 1.82) is 0 Å². The summed E-state index contributed by atoms with van der Waals surface area (Å²) in [6.07, 6.45) is 0. The number of carbonyl (C=O) groups is 1. The van der Waals surface area contributed by atoms with Crippen LogP contribution in [0.2, 0.25) is 0 Å². The van der Waals surface area contributed by atoms with Gasteiger partial charge in [0, 0.05) is 26.2 Å². The van der Waals surface area contributed by atoms with E-state index in [0.717, 1.165) is 26.2 Å². The maximum Gasteiger partial charge on any atom is 0.474 e. The Morgan fingerprint density at radius 1 is 0.696 bits per heavy atom. The highest BCUT2D eigenvalue weighted by molar-refractivity contribution is 7.48. The van der Waals surface area contributed by atoms with E-state index in [-0.39, 0.29) is 6.03 Å². The van der Waals surface area contributed by atoms with Crippen molar-refractivity contribution < 1.29 is 22.9 Å². The number of nitrogens with zero attached hydrogens (tertiary/aromatic N) is 2. The predicted molar refractivity (Wildman–Crippen MR) is 93.7 cm³/mol. The van der Waals surface area contributed by atoms with Crippen molar-refractivity contribution in [3.05, 3.63) is 0 Å². The standard InChI is InChI=1S/C9H20N2O.C6H15O4P/c1-5-10(6-2)9(12)11(7-3)8-4;1-4-8-11(7,9-5-2)10-6-3/h5-8H2,1-4H3;4-6H2,1-3H3. The highest BCUT2D eigenvalue weighted by Gasteiger charge is 2.23. The monoisotopic (exact) mass is 354 g/mol. The third-order valence-electron chi connectivity index (χ3n) is 2.93. The molecule has 23 heavy (non-hydrogen) atoms. The lowest BCUT2D eigenvalue weighted by Gasteiger charge is -2.27. The lowest BCUT2D eigenvalue weighted by molar-refractivity contribution is 0.126. The highest BCUT2D eigenvalue weighted by atomic mass is 31.2. The Kier molecular flexibility index (Phi) is 16.0. The molecule has 0 aromatic rings. The van der Waals surface area contributed by atoms with Gasteiger partial charge in [0.05, 0.1) is 19.8 Å². The summed E-state index contributed by atoms with van der Waals surface area (Å²) in [6, 6.07) is 0.157. The molecule has 2 amide bonds. The minimum Gasteiger partial charge on any atom is -0.325 e. The molecule has 0 aromatic carbocycles. The Hall–Kier alpha value is -0.620. The van der Waals surface area contributed by atoms with Crippen LogP contribution in [0.25, 0.3) is 0 Å². The molecule has 7 nitrogen and oxygen atoms in total. The summed E-state index contributed by atoms with van der Waals surface area (Å²) >= 11 is 0. The zero-order valence-corrected chi connectivity index (χ0v) is 16.7. The maximum absolute atomic E-state index is 11.6. The van der Waals surface area contributed by atoms with Crippen LogP contribution in [0, 0.1) is 0 Å². The number of rotatable bonds is 10. The van der Waals surface area contributed by atoms with Crippen molar-refractivity contribution in [2.75, 3.05) is 46.0 Å². The first kappa shape index (κ1) is 24.6. The average molecular weight is 354 g/mol. The molecule has 0 fully saturated rings. The summed E-state index contributed by atoms with van der Waals surface area (Å²) < 4.78 is 25.8. The lowest BCUT2D eigenvalue weighted by Crippen LogP contribution is -2.42. The highest BCUT2D eigenvalue weighted by Crippen LogP contribution is 2.48. The molecular weight excluding hydrogens is 319 g/mol. The number of amides is 2. The van der Waals surface area contributed by atoms with E-state index in [1.54, 1.807) is 20.8 Å². The zero-order chi connectivity index (χ0) is 18.3. The molecule has 0 aromatic heterocycles. The lowest BCUT2D eigenvalue weighted by atomic mass is 10.5. The number of phosphoric acid groups is 1. The maximum atomic E-state index is 11.6. The Morgan fingerprint density at radius 2 is 0.957 bits per heavy atom. The van der Waals surface area contributed by atoms with Gasteiger partial charge in [-0.2, -0.15) is 0 Å². The summed E-state index contributed by atoms with van der Waals surface area (Å²) in [7, 11) is -3.22. The van der Waals surface area contributed by atoms with Gasteiger partial charge < -0.3 is 9.80 Å². The molecule has 0 bridgehead atoms. The third kappa shape index (κ3) is 10.7. The van der Waals surface area contributed by atoms with Gasteiger partial charge >= 0.3 is 13.9 Å². The van der Waals surface area contributed by atoms with Gasteiger partial charge in [-0.15, -0.1) is 0 Å². The van der Waals surface area contributed by atoms with Gasteiger partial charge in [0.25, 0.3) is 0 Å². The van der Waals surface area contributed by atoms with E-state index in [0.29, 0.717) is 19.8 Å². The van der Waals surface area contributed by atoms with Crippen LogP contribution in [0.5, 0.6) is 0 Å². The molecular formula is C15H35N2O5P. The van der Waals surface area contributed by atoms with Crippen LogP contribution in [0.4, 0.5) is 4.79 Å². The van der Waals surface area contributed by atoms with Crippen LogP contribution in [-0.4, -0.2) is 61.8 Å². The van der Waals surface area contributed by atoms with Crippen LogP contribution in [0.3, 0.4) is 0 Å². The molecule has 0 N–H and O–H groups in total. The van der Waals surface area contributed by atoms with Gasteiger partial charge in [0.15, 0.2) is 0 Å². The second-order valence-electron chi connectivity index (χ2n) is 4.33. The number of phosphoric ester groups is 1. The van der Waals surface area contributed by atoms with Gasteiger partial charge in [0.2, 0.25) is 0 Å². The molecule has 0 aliphatic rings. The van der Waals surface area contributed by atoms with Gasteiger partial charge in [-0.1, -0.05) is 0 Å². The summed E-state index contributed by atoms with van der Waals surface area (Å²) in [6.45, 7) is 17.4. The van der Waals surface area contributed by atoms with Crippen LogP contribution < -0.4 is 0 Å². The fraction of sp³-hybridized carbons (Fsp3) is 0.933. The minimum atomic E-state index is -3.22. The number of hydrogen-bond acceptors (Lipinski definition) is 5. The Labute approximate surface area is 141 Å². The van der Waals surface area contributed by atoms with E-state index >= 15 is 0 Å². The Morgan fingerprint density at radius 3 is 1.13 bits per heavy atom. The number of hydrogen-bond donors (Lipinski definition) is 0. The molecule has 0 heterocycles. The van der Waals surface area contributed by atoms with Gasteiger partial charge in [-0.3, -0.25) is 13.6 Å². The topological polar surface area (TPSA) is 68.3 Å². The summed E-state index contributed by atoms with van der Waals surface area (Å²) in [5.74, 6) is 0. The molecule has 0 unspecified atom stereocenters. The summed E-state index contributed by atoms with van der Waals surface area (Å²) in [5, 5.41) is 0. The molecule has 0 aliphatic carbocycles. The van der Waals surface area contributed by atoms with Crippen molar-refractivity contribution >= 4 is 13.9 Å². The second kappa shape index (κ2) is 14.9. The van der Waals surface area contributed by atoms with Crippen LogP contribution in [-0.2, 0) is 18.1 Å². The first-order valence-corrected chi connectivity index (χ1v) is 9.92. The Balaban J connectivity index is 0. The van der Waals surface area contributed by atoms with Crippen LogP contribution in [0.1, 0.15) is 48.5 Å². The predicted octanol–water partition coefficient (Wildman–Crippen LogP) is 3.99. The third-order valence-corrected chi connectivity index (χ3v) is 4.65. The van der Waals surface area contributed by atoms with Crippen LogP contribution >= 0.6 is 7.82 Å². The summed E-state index contributed by atoms with van der Waals surface area (Å²) in [5.41, 5.74) is 0. The number of carbonyl (C=O) groups excluding carboxylic acids is 1. The van der Waals surface area contributed by atoms with E-state index in [1.165, 1.54) is 0 Å². The molecule has 140 valence electrons. The fourth-order valence-corrected chi connectivity index (χ4v) is 2.95. The second-order valence-corrected chi connectivity index (χ2v) is 6.00. The molecule has 0 saturated heterocycles. The Bertz CT molecular complexity index is 296. The normalized spacial score (nSPS) is 10.7. The van der Waals surface area contributed by atoms with E-state index in [9.17, 15) is 9.36 Å².